The fourth-order valence-electron chi connectivity index (χ4n) is 1.03. The van der Waals surface area contributed by atoms with Crippen LogP contribution in [0.25, 0.3) is 0 Å². The molecule has 0 aliphatic carbocycles. The molecule has 0 saturated carbocycles. The van der Waals surface area contributed by atoms with Crippen LogP contribution < -0.4 is 4.90 Å². The Balaban J connectivity index is 3.22. The lowest BCUT2D eigenvalue weighted by molar-refractivity contribution is -0.141. The smallest absolute Gasteiger partial charge is 0.435 e. The third-order valence-electron chi connectivity index (χ3n) is 1.73. The first kappa shape index (κ1) is 13.8. The van der Waals surface area contributed by atoms with Gasteiger partial charge in [-0.3, -0.25) is 0 Å². The third-order valence-corrected chi connectivity index (χ3v) is 2.93. The Morgan fingerprint density at radius 3 is 2.47 bits per heavy atom. The van der Waals surface area contributed by atoms with Crippen molar-refractivity contribution in [1.29, 1.82) is 0 Å². The van der Waals surface area contributed by atoms with Crippen molar-refractivity contribution in [2.24, 2.45) is 0 Å². The minimum atomic E-state index is -4.66. The van der Waals surface area contributed by atoms with Gasteiger partial charge in [0.2, 0.25) is 0 Å². The molecule has 4 nitrogen and oxygen atoms in total. The van der Waals surface area contributed by atoms with Crippen molar-refractivity contribution in [3.8, 4) is 0 Å². The van der Waals surface area contributed by atoms with Crippen molar-refractivity contribution in [3.63, 3.8) is 0 Å². The minimum Gasteiger partial charge on any atom is -0.462 e. The number of alkyl halides is 3. The summed E-state index contributed by atoms with van der Waals surface area (Å²) in [4.78, 5) is 15.7. The van der Waals surface area contributed by atoms with E-state index in [1.807, 2.05) is 0 Å². The number of carbonyl (C=O) groups is 1. The quantitative estimate of drug-likeness (QED) is 0.789. The van der Waals surface area contributed by atoms with E-state index in [1.54, 1.807) is 14.1 Å². The maximum absolute atomic E-state index is 12.6. The van der Waals surface area contributed by atoms with Crippen LogP contribution in [0.5, 0.6) is 0 Å². The number of aromatic nitrogens is 1. The van der Waals surface area contributed by atoms with Gasteiger partial charge in [0.05, 0.1) is 6.61 Å². The van der Waals surface area contributed by atoms with Crippen molar-refractivity contribution in [1.82, 2.24) is 4.98 Å². The Bertz CT molecular complexity index is 415. The molecule has 17 heavy (non-hydrogen) atoms. The minimum absolute atomic E-state index is 0.0192. The molecular weight excluding hydrogens is 257 g/mol. The SMILES string of the molecule is CCOC(=O)c1sc(N(C)C)nc1C(F)(F)F. The van der Waals surface area contributed by atoms with Crippen LogP contribution in [0.1, 0.15) is 22.3 Å². The predicted octanol–water partition coefficient (Wildman–Crippen LogP) is 2.40. The van der Waals surface area contributed by atoms with E-state index < -0.39 is 22.7 Å². The monoisotopic (exact) mass is 268 g/mol. The summed E-state index contributed by atoms with van der Waals surface area (Å²) in [5, 5.41) is 0.111. The standard InChI is InChI=1S/C9H11F3N2O2S/c1-4-16-7(15)5-6(9(10,11)12)13-8(17-5)14(2)3/h4H2,1-3H3. The fraction of sp³-hybridized carbons (Fsp3) is 0.556. The van der Waals surface area contributed by atoms with E-state index in [0.29, 0.717) is 11.3 Å². The maximum atomic E-state index is 12.6. The molecule has 1 heterocycles. The lowest BCUT2D eigenvalue weighted by Gasteiger charge is -2.06. The van der Waals surface area contributed by atoms with E-state index in [4.69, 9.17) is 0 Å². The zero-order valence-corrected chi connectivity index (χ0v) is 10.3. The van der Waals surface area contributed by atoms with Crippen LogP contribution in [-0.4, -0.2) is 31.7 Å². The van der Waals surface area contributed by atoms with Crippen molar-refractivity contribution < 1.29 is 22.7 Å². The van der Waals surface area contributed by atoms with E-state index in [-0.39, 0.29) is 11.7 Å². The van der Waals surface area contributed by atoms with Gasteiger partial charge in [-0.2, -0.15) is 13.2 Å². The fourth-order valence-corrected chi connectivity index (χ4v) is 1.93. The van der Waals surface area contributed by atoms with Crippen LogP contribution >= 0.6 is 11.3 Å². The topological polar surface area (TPSA) is 42.4 Å². The molecule has 0 radical (unpaired) electrons. The highest BCUT2D eigenvalue weighted by Crippen LogP contribution is 2.37. The largest absolute Gasteiger partial charge is 0.462 e. The van der Waals surface area contributed by atoms with Crippen molar-refractivity contribution in [3.05, 3.63) is 10.6 Å². The molecule has 0 fully saturated rings. The number of anilines is 1. The Hall–Kier alpha value is -1.31. The Morgan fingerprint density at radius 2 is 2.06 bits per heavy atom. The molecule has 1 rings (SSSR count). The van der Waals surface area contributed by atoms with Gasteiger partial charge in [-0.15, -0.1) is 0 Å². The first-order valence-electron chi connectivity index (χ1n) is 4.69. The van der Waals surface area contributed by atoms with Crippen molar-refractivity contribution in [2.75, 3.05) is 25.6 Å². The van der Waals surface area contributed by atoms with Gasteiger partial charge in [0.15, 0.2) is 10.8 Å². The van der Waals surface area contributed by atoms with Crippen LogP contribution in [0.4, 0.5) is 18.3 Å². The molecule has 0 spiro atoms. The number of ether oxygens (including phenoxy) is 1. The number of thiazole rings is 1. The Morgan fingerprint density at radius 1 is 1.47 bits per heavy atom. The first-order chi connectivity index (χ1) is 7.77. The van der Waals surface area contributed by atoms with Crippen molar-refractivity contribution in [2.45, 2.75) is 13.1 Å². The highest BCUT2D eigenvalue weighted by Gasteiger charge is 2.40. The Labute approximate surface area is 100 Å². The average molecular weight is 268 g/mol. The van der Waals surface area contributed by atoms with E-state index in [9.17, 15) is 18.0 Å². The van der Waals surface area contributed by atoms with Gasteiger partial charge in [-0.25, -0.2) is 9.78 Å². The number of hydrogen-bond donors (Lipinski definition) is 0. The molecule has 0 bridgehead atoms. The lowest BCUT2D eigenvalue weighted by atomic mass is 10.3. The first-order valence-corrected chi connectivity index (χ1v) is 5.51. The molecule has 0 atom stereocenters. The maximum Gasteiger partial charge on any atom is 0.435 e. The molecule has 0 amide bonds. The molecule has 0 aliphatic heterocycles. The molecule has 1 aromatic heterocycles. The molecule has 0 unspecified atom stereocenters. The van der Waals surface area contributed by atoms with Gasteiger partial charge in [0, 0.05) is 14.1 Å². The average Bonchev–Trinajstić information content (AvgIpc) is 2.61. The molecule has 0 aliphatic rings. The molecular formula is C9H11F3N2O2S. The number of rotatable bonds is 3. The molecule has 0 N–H and O–H groups in total. The van der Waals surface area contributed by atoms with Gasteiger partial charge < -0.3 is 9.64 Å². The molecule has 8 heteroatoms. The summed E-state index contributed by atoms with van der Waals surface area (Å²) in [6, 6.07) is 0. The summed E-state index contributed by atoms with van der Waals surface area (Å²) >= 11 is 0.663. The summed E-state index contributed by atoms with van der Waals surface area (Å²) < 4.78 is 42.5. The lowest BCUT2D eigenvalue weighted by Crippen LogP contribution is -2.14. The summed E-state index contributed by atoms with van der Waals surface area (Å²) in [5.41, 5.74) is -1.19. The van der Waals surface area contributed by atoms with Crippen LogP contribution in [0.2, 0.25) is 0 Å². The van der Waals surface area contributed by atoms with Gasteiger partial charge in [-0.1, -0.05) is 11.3 Å². The second-order valence-corrected chi connectivity index (χ2v) is 4.26. The van der Waals surface area contributed by atoms with Crippen LogP contribution in [0.3, 0.4) is 0 Å². The van der Waals surface area contributed by atoms with E-state index >= 15 is 0 Å². The zero-order valence-electron chi connectivity index (χ0n) is 9.46. The van der Waals surface area contributed by atoms with Gasteiger partial charge in [0.25, 0.3) is 0 Å². The van der Waals surface area contributed by atoms with Gasteiger partial charge in [-0.05, 0) is 6.92 Å². The predicted molar refractivity (Wildman–Crippen MR) is 57.4 cm³/mol. The van der Waals surface area contributed by atoms with Gasteiger partial charge >= 0.3 is 12.1 Å². The van der Waals surface area contributed by atoms with E-state index in [0.717, 1.165) is 0 Å². The summed E-state index contributed by atoms with van der Waals surface area (Å²) in [6.45, 7) is 1.55. The number of esters is 1. The third kappa shape index (κ3) is 3.09. The van der Waals surface area contributed by atoms with Crippen LogP contribution in [-0.2, 0) is 10.9 Å². The number of carbonyl (C=O) groups excluding carboxylic acids is 1. The molecule has 96 valence electrons. The van der Waals surface area contributed by atoms with E-state index in [1.165, 1.54) is 11.8 Å². The second kappa shape index (κ2) is 4.91. The zero-order chi connectivity index (χ0) is 13.2. The van der Waals surface area contributed by atoms with Crippen molar-refractivity contribution >= 4 is 22.4 Å². The number of halogens is 3. The summed E-state index contributed by atoms with van der Waals surface area (Å²) in [7, 11) is 3.10. The normalized spacial score (nSPS) is 11.4. The molecule has 1 aromatic rings. The van der Waals surface area contributed by atoms with E-state index in [2.05, 4.69) is 9.72 Å². The summed E-state index contributed by atoms with van der Waals surface area (Å²) in [5.74, 6) is -0.995. The van der Waals surface area contributed by atoms with Gasteiger partial charge in [0.1, 0.15) is 4.88 Å². The van der Waals surface area contributed by atoms with Crippen LogP contribution in [0.15, 0.2) is 0 Å². The highest BCUT2D eigenvalue weighted by atomic mass is 32.1. The van der Waals surface area contributed by atoms with Crippen LogP contribution in [0, 0.1) is 0 Å². The Kier molecular flexibility index (Phi) is 3.97. The molecule has 0 aromatic carbocycles. The second-order valence-electron chi connectivity index (χ2n) is 3.29. The summed E-state index contributed by atoms with van der Waals surface area (Å²) in [6.07, 6.45) is -4.66. The number of nitrogens with zero attached hydrogens (tertiary/aromatic N) is 2. The molecule has 0 saturated heterocycles. The number of hydrogen-bond acceptors (Lipinski definition) is 5. The highest BCUT2D eigenvalue weighted by molar-refractivity contribution is 7.17.